The Morgan fingerprint density at radius 1 is 0.871 bits per heavy atom. The van der Waals surface area contributed by atoms with E-state index in [9.17, 15) is 9.59 Å². The van der Waals surface area contributed by atoms with Crippen molar-refractivity contribution in [2.75, 3.05) is 5.32 Å². The highest BCUT2D eigenvalue weighted by molar-refractivity contribution is 7.99. The van der Waals surface area contributed by atoms with E-state index in [1.165, 1.54) is 17.8 Å². The number of imide groups is 1. The maximum Gasteiger partial charge on any atom is 0.326 e. The van der Waals surface area contributed by atoms with Gasteiger partial charge in [-0.15, -0.1) is 11.8 Å². The Kier molecular flexibility index (Phi) is 8.14. The van der Waals surface area contributed by atoms with E-state index in [-0.39, 0.29) is 15.8 Å². The average molecular weight is 514 g/mol. The van der Waals surface area contributed by atoms with Crippen molar-refractivity contribution in [3.8, 4) is 0 Å². The summed E-state index contributed by atoms with van der Waals surface area (Å²) in [5.41, 5.74) is 1.61. The predicted octanol–water partition coefficient (Wildman–Crippen LogP) is 8.12. The third kappa shape index (κ3) is 6.31. The summed E-state index contributed by atoms with van der Waals surface area (Å²) in [6, 6.07) is 16.4. The van der Waals surface area contributed by atoms with Crippen LogP contribution in [0.4, 0.5) is 10.5 Å². The molecule has 0 bridgehead atoms. The smallest absolute Gasteiger partial charge is 0.308 e. The Morgan fingerprint density at radius 2 is 1.48 bits per heavy atom. The van der Waals surface area contributed by atoms with Crippen LogP contribution in [0.15, 0.2) is 65.6 Å². The molecule has 0 fully saturated rings. The molecule has 0 heterocycles. The number of nitrogens with one attached hydrogen (secondary N) is 2. The fourth-order valence-electron chi connectivity index (χ4n) is 2.70. The molecule has 160 valence electrons. The minimum Gasteiger partial charge on any atom is -0.308 e. The van der Waals surface area contributed by atoms with Crippen molar-refractivity contribution in [3.63, 3.8) is 0 Å². The quantitative estimate of drug-likeness (QED) is 0.338. The molecule has 3 aromatic carbocycles. The Morgan fingerprint density at radius 3 is 2.10 bits per heavy atom. The van der Waals surface area contributed by atoms with Crippen LogP contribution in [0.5, 0.6) is 0 Å². The monoisotopic (exact) mass is 512 g/mol. The van der Waals surface area contributed by atoms with Gasteiger partial charge >= 0.3 is 6.03 Å². The van der Waals surface area contributed by atoms with Crippen molar-refractivity contribution in [1.29, 1.82) is 0 Å². The number of hydrogen-bond donors (Lipinski definition) is 2. The molecule has 3 rings (SSSR count). The first-order valence-corrected chi connectivity index (χ1v) is 11.4. The summed E-state index contributed by atoms with van der Waals surface area (Å²) < 4.78 is 0. The number of rotatable bonds is 5. The zero-order valence-corrected chi connectivity index (χ0v) is 19.9. The molecule has 1 atom stereocenters. The molecular weight excluding hydrogens is 498 g/mol. The maximum absolute atomic E-state index is 12.2. The van der Waals surface area contributed by atoms with Gasteiger partial charge < -0.3 is 5.32 Å². The van der Waals surface area contributed by atoms with Gasteiger partial charge in [0, 0.05) is 20.9 Å². The number of carbonyl (C=O) groups is 2. The lowest BCUT2D eigenvalue weighted by Gasteiger charge is -2.16. The number of halogens is 4. The second-order valence-corrected chi connectivity index (χ2v) is 9.48. The van der Waals surface area contributed by atoms with Crippen LogP contribution < -0.4 is 10.6 Å². The van der Waals surface area contributed by atoms with Crippen LogP contribution >= 0.6 is 58.2 Å². The average Bonchev–Trinajstić information content (AvgIpc) is 2.71. The fraction of sp³-hybridized carbons (Fsp3) is 0.0909. The Bertz CT molecular complexity index is 1100. The van der Waals surface area contributed by atoms with Gasteiger partial charge in [-0.1, -0.05) is 70.7 Å². The summed E-state index contributed by atoms with van der Waals surface area (Å²) in [6.07, 6.45) is 0. The van der Waals surface area contributed by atoms with Crippen molar-refractivity contribution in [2.24, 2.45) is 0 Å². The number of hydrogen-bond acceptors (Lipinski definition) is 3. The Balaban J connectivity index is 1.68. The molecule has 4 nitrogen and oxygen atoms in total. The number of benzene rings is 3. The van der Waals surface area contributed by atoms with E-state index in [0.717, 1.165) is 5.56 Å². The highest BCUT2D eigenvalue weighted by Gasteiger charge is 2.17. The van der Waals surface area contributed by atoms with E-state index in [4.69, 9.17) is 46.4 Å². The molecule has 3 aromatic rings. The number of urea groups is 1. The van der Waals surface area contributed by atoms with E-state index in [0.29, 0.717) is 25.7 Å². The molecule has 3 amide bonds. The summed E-state index contributed by atoms with van der Waals surface area (Å²) in [5, 5.41) is 6.52. The van der Waals surface area contributed by atoms with E-state index < -0.39 is 11.9 Å². The van der Waals surface area contributed by atoms with Gasteiger partial charge in [0.25, 0.3) is 5.91 Å². The van der Waals surface area contributed by atoms with Crippen molar-refractivity contribution >= 4 is 75.8 Å². The number of anilines is 1. The van der Waals surface area contributed by atoms with Gasteiger partial charge in [0.15, 0.2) is 0 Å². The van der Waals surface area contributed by atoms with Crippen molar-refractivity contribution < 1.29 is 9.59 Å². The van der Waals surface area contributed by atoms with Gasteiger partial charge in [0.1, 0.15) is 0 Å². The molecule has 1 unspecified atom stereocenters. The predicted molar refractivity (Wildman–Crippen MR) is 130 cm³/mol. The second-order valence-electron chi connectivity index (χ2n) is 6.47. The molecule has 31 heavy (non-hydrogen) atoms. The molecule has 0 aromatic heterocycles. The van der Waals surface area contributed by atoms with Crippen molar-refractivity contribution in [2.45, 2.75) is 17.1 Å². The largest absolute Gasteiger partial charge is 0.326 e. The molecule has 9 heteroatoms. The first kappa shape index (κ1) is 23.8. The summed E-state index contributed by atoms with van der Waals surface area (Å²) >= 11 is 26.2. The first-order chi connectivity index (χ1) is 14.7. The van der Waals surface area contributed by atoms with Crippen LogP contribution in [-0.4, -0.2) is 11.9 Å². The molecule has 0 aliphatic heterocycles. The topological polar surface area (TPSA) is 58.2 Å². The summed E-state index contributed by atoms with van der Waals surface area (Å²) in [5.74, 6) is -0.621. The highest BCUT2D eigenvalue weighted by atomic mass is 35.5. The summed E-state index contributed by atoms with van der Waals surface area (Å²) in [7, 11) is 0. The van der Waals surface area contributed by atoms with E-state index in [1.807, 2.05) is 31.2 Å². The normalized spacial score (nSPS) is 11.6. The molecule has 0 saturated carbocycles. The van der Waals surface area contributed by atoms with Gasteiger partial charge in [-0.05, 0) is 48.9 Å². The van der Waals surface area contributed by atoms with Crippen molar-refractivity contribution in [1.82, 2.24) is 5.32 Å². The number of amides is 3. The SMILES string of the molecule is CC(Sc1c(Cl)cc(NC(=O)NC(=O)c2ccccc2Cl)cc1Cl)c1ccc(Cl)cc1. The molecule has 0 spiro atoms. The third-order valence-corrected chi connectivity index (χ3v) is 6.94. The zero-order valence-electron chi connectivity index (χ0n) is 16.1. The van der Waals surface area contributed by atoms with Gasteiger partial charge in [-0.3, -0.25) is 10.1 Å². The zero-order chi connectivity index (χ0) is 22.5. The van der Waals surface area contributed by atoms with Crippen LogP contribution in [0.3, 0.4) is 0 Å². The van der Waals surface area contributed by atoms with Crippen LogP contribution in [0.2, 0.25) is 20.1 Å². The molecular formula is C22H16Cl4N2O2S. The van der Waals surface area contributed by atoms with Gasteiger partial charge in [-0.25, -0.2) is 4.79 Å². The molecule has 2 N–H and O–H groups in total. The molecule has 0 aliphatic rings. The summed E-state index contributed by atoms with van der Waals surface area (Å²) in [6.45, 7) is 2.03. The lowest BCUT2D eigenvalue weighted by molar-refractivity contribution is 0.0967. The second kappa shape index (κ2) is 10.6. The minimum absolute atomic E-state index is 0.0719. The van der Waals surface area contributed by atoms with E-state index in [1.54, 1.807) is 30.3 Å². The lowest BCUT2D eigenvalue weighted by Crippen LogP contribution is -2.34. The molecule has 0 radical (unpaired) electrons. The van der Waals surface area contributed by atoms with Crippen LogP contribution in [-0.2, 0) is 0 Å². The van der Waals surface area contributed by atoms with E-state index >= 15 is 0 Å². The van der Waals surface area contributed by atoms with Crippen LogP contribution in [0.25, 0.3) is 0 Å². The minimum atomic E-state index is -0.730. The van der Waals surface area contributed by atoms with Gasteiger partial charge in [-0.2, -0.15) is 0 Å². The Hall–Kier alpha value is -1.89. The standard InChI is InChI=1S/C22H16Cl4N2O2S/c1-12(13-6-8-14(23)9-7-13)31-20-18(25)10-15(11-19(20)26)27-22(30)28-21(29)16-4-2-3-5-17(16)24/h2-12H,1H3,(H2,27,28,29,30). The lowest BCUT2D eigenvalue weighted by atomic mass is 10.2. The fourth-order valence-corrected chi connectivity index (χ4v) is 4.79. The number of thioether (sulfide) groups is 1. The molecule has 0 saturated heterocycles. The first-order valence-electron chi connectivity index (χ1n) is 9.02. The van der Waals surface area contributed by atoms with Crippen LogP contribution in [0.1, 0.15) is 28.1 Å². The third-order valence-electron chi connectivity index (χ3n) is 4.24. The number of carbonyl (C=O) groups excluding carboxylic acids is 2. The van der Waals surface area contributed by atoms with Crippen molar-refractivity contribution in [3.05, 3.63) is 91.9 Å². The highest BCUT2D eigenvalue weighted by Crippen LogP contribution is 2.43. The van der Waals surface area contributed by atoms with Gasteiger partial charge in [0.2, 0.25) is 0 Å². The van der Waals surface area contributed by atoms with Gasteiger partial charge in [0.05, 0.1) is 20.6 Å². The molecule has 0 aliphatic carbocycles. The van der Waals surface area contributed by atoms with Crippen LogP contribution in [0, 0.1) is 0 Å². The van der Waals surface area contributed by atoms with E-state index in [2.05, 4.69) is 10.6 Å². The Labute approximate surface area is 204 Å². The maximum atomic E-state index is 12.2. The summed E-state index contributed by atoms with van der Waals surface area (Å²) in [4.78, 5) is 25.1.